The lowest BCUT2D eigenvalue weighted by molar-refractivity contribution is 0.403. The molecule has 1 aromatic heterocycles. The number of ether oxygens (including phenoxy) is 1. The summed E-state index contributed by atoms with van der Waals surface area (Å²) in [6.45, 7) is 0. The molecule has 0 aliphatic heterocycles. The van der Waals surface area contributed by atoms with Gasteiger partial charge in [-0.15, -0.1) is 0 Å². The van der Waals surface area contributed by atoms with Gasteiger partial charge in [-0.05, 0) is 60.2 Å². The first kappa shape index (κ1) is 15.8. The minimum absolute atomic E-state index is 0.189. The lowest BCUT2D eigenvalue weighted by atomic mass is 10.2. The van der Waals surface area contributed by atoms with Crippen molar-refractivity contribution in [3.8, 4) is 28.6 Å². The summed E-state index contributed by atoms with van der Waals surface area (Å²) in [5, 5.41) is 30.0. The Morgan fingerprint density at radius 2 is 1.92 bits per heavy atom. The number of methoxy groups -OCH3 is 1. The topological polar surface area (TPSA) is 95.7 Å². The molecule has 0 unspecified atom stereocenters. The van der Waals surface area contributed by atoms with Crippen LogP contribution in [-0.2, 0) is 0 Å². The molecule has 0 aliphatic rings. The molecule has 3 N–H and O–H groups in total. The van der Waals surface area contributed by atoms with Crippen molar-refractivity contribution in [3.63, 3.8) is 0 Å². The van der Waals surface area contributed by atoms with E-state index in [1.165, 1.54) is 23.0 Å². The smallest absolute Gasteiger partial charge is 0.216 e. The van der Waals surface area contributed by atoms with Crippen LogP contribution in [0, 0.1) is 4.77 Å². The van der Waals surface area contributed by atoms with Crippen LogP contribution in [0.15, 0.2) is 47.6 Å². The molecule has 122 valence electrons. The summed E-state index contributed by atoms with van der Waals surface area (Å²) < 4.78 is 6.94. The van der Waals surface area contributed by atoms with Gasteiger partial charge in [0.25, 0.3) is 0 Å². The molecule has 0 aliphatic carbocycles. The van der Waals surface area contributed by atoms with Crippen LogP contribution in [0.3, 0.4) is 0 Å². The van der Waals surface area contributed by atoms with Crippen molar-refractivity contribution in [2.24, 2.45) is 5.10 Å². The molecule has 0 amide bonds. The second-order valence-corrected chi connectivity index (χ2v) is 5.27. The van der Waals surface area contributed by atoms with Crippen LogP contribution >= 0.6 is 12.2 Å². The van der Waals surface area contributed by atoms with Crippen molar-refractivity contribution in [1.82, 2.24) is 14.9 Å². The lowest BCUT2D eigenvalue weighted by Crippen LogP contribution is -1.95. The predicted molar refractivity (Wildman–Crippen MR) is 92.2 cm³/mol. The molecule has 3 rings (SSSR count). The Labute approximate surface area is 142 Å². The van der Waals surface area contributed by atoms with Crippen LogP contribution < -0.4 is 4.74 Å². The largest absolute Gasteiger partial charge is 0.504 e. The number of benzene rings is 2. The van der Waals surface area contributed by atoms with Gasteiger partial charge in [0.15, 0.2) is 17.3 Å². The lowest BCUT2D eigenvalue weighted by Gasteiger charge is -2.03. The maximum Gasteiger partial charge on any atom is 0.216 e. The maximum atomic E-state index is 9.52. The standard InChI is InChI=1S/C16H14N4O3S/c1-23-12-5-3-11(4-6-12)15-18-19-16(24)20(15)17-9-10-2-7-13(21)14(22)8-10/h2-9,21-22H,1H3,(H,19,24)/b17-9+. The van der Waals surface area contributed by atoms with E-state index >= 15 is 0 Å². The van der Waals surface area contributed by atoms with Gasteiger partial charge >= 0.3 is 0 Å². The summed E-state index contributed by atoms with van der Waals surface area (Å²) in [6, 6.07) is 11.7. The van der Waals surface area contributed by atoms with Crippen LogP contribution in [0.1, 0.15) is 5.56 Å². The third kappa shape index (κ3) is 3.13. The Hall–Kier alpha value is -3.13. The third-order valence-electron chi connectivity index (χ3n) is 3.32. The highest BCUT2D eigenvalue weighted by Crippen LogP contribution is 2.24. The summed E-state index contributed by atoms with van der Waals surface area (Å²) >= 11 is 5.20. The van der Waals surface area contributed by atoms with Crippen LogP contribution in [0.5, 0.6) is 17.2 Å². The molecule has 7 nitrogen and oxygen atoms in total. The molecule has 8 heteroatoms. The minimum atomic E-state index is -0.217. The number of rotatable bonds is 4. The van der Waals surface area contributed by atoms with Crippen LogP contribution in [0.4, 0.5) is 0 Å². The molecular formula is C16H14N4O3S. The van der Waals surface area contributed by atoms with Gasteiger partial charge in [-0.3, -0.25) is 0 Å². The fraction of sp³-hybridized carbons (Fsp3) is 0.0625. The fourth-order valence-corrected chi connectivity index (χ4v) is 2.25. The van der Waals surface area contributed by atoms with Gasteiger partial charge in [0.05, 0.1) is 13.3 Å². The Balaban J connectivity index is 1.96. The van der Waals surface area contributed by atoms with Crippen molar-refractivity contribution in [3.05, 3.63) is 52.8 Å². The highest BCUT2D eigenvalue weighted by atomic mass is 32.1. The number of phenols is 2. The average Bonchev–Trinajstić information content (AvgIpc) is 2.97. The third-order valence-corrected chi connectivity index (χ3v) is 3.58. The molecule has 0 spiro atoms. The molecule has 0 radical (unpaired) electrons. The number of aromatic hydroxyl groups is 2. The Kier molecular flexibility index (Phi) is 4.30. The van der Waals surface area contributed by atoms with Crippen LogP contribution in [0.2, 0.25) is 0 Å². The molecule has 0 bridgehead atoms. The molecular weight excluding hydrogens is 328 g/mol. The quantitative estimate of drug-likeness (QED) is 0.385. The first-order valence-corrected chi connectivity index (χ1v) is 7.37. The molecule has 0 atom stereocenters. The van der Waals surface area contributed by atoms with Crippen LogP contribution in [0.25, 0.3) is 11.4 Å². The average molecular weight is 342 g/mol. The van der Waals surface area contributed by atoms with E-state index in [-0.39, 0.29) is 11.5 Å². The van der Waals surface area contributed by atoms with E-state index < -0.39 is 0 Å². The monoisotopic (exact) mass is 342 g/mol. The molecule has 0 saturated heterocycles. The molecule has 2 aromatic carbocycles. The highest BCUT2D eigenvalue weighted by molar-refractivity contribution is 7.71. The summed E-state index contributed by atoms with van der Waals surface area (Å²) in [6.07, 6.45) is 1.51. The summed E-state index contributed by atoms with van der Waals surface area (Å²) in [5.41, 5.74) is 1.42. The molecule has 3 aromatic rings. The summed E-state index contributed by atoms with van der Waals surface area (Å²) in [7, 11) is 1.60. The van der Waals surface area contributed by atoms with Crippen molar-refractivity contribution in [2.75, 3.05) is 7.11 Å². The number of hydrogen-bond donors (Lipinski definition) is 3. The number of nitrogens with zero attached hydrogens (tertiary/aromatic N) is 3. The number of nitrogens with one attached hydrogen (secondary N) is 1. The van der Waals surface area contributed by atoms with Gasteiger partial charge in [-0.1, -0.05) is 0 Å². The van der Waals surface area contributed by atoms with Gasteiger partial charge in [0, 0.05) is 5.56 Å². The van der Waals surface area contributed by atoms with E-state index in [1.54, 1.807) is 13.2 Å². The summed E-state index contributed by atoms with van der Waals surface area (Å²) in [5.74, 6) is 0.875. The van der Waals surface area contributed by atoms with E-state index in [0.717, 1.165) is 11.3 Å². The maximum absolute atomic E-state index is 9.52. The van der Waals surface area contributed by atoms with Gasteiger partial charge in [-0.25, -0.2) is 5.10 Å². The van der Waals surface area contributed by atoms with E-state index in [0.29, 0.717) is 16.2 Å². The van der Waals surface area contributed by atoms with Crippen LogP contribution in [-0.4, -0.2) is 38.4 Å². The van der Waals surface area contributed by atoms with E-state index in [4.69, 9.17) is 17.0 Å². The van der Waals surface area contributed by atoms with Crippen molar-refractivity contribution < 1.29 is 14.9 Å². The number of H-pyrrole nitrogens is 1. The predicted octanol–water partition coefficient (Wildman–Crippen LogP) is 2.91. The zero-order chi connectivity index (χ0) is 17.1. The summed E-state index contributed by atoms with van der Waals surface area (Å²) in [4.78, 5) is 0. The number of phenolic OH excluding ortho intramolecular Hbond substituents is 2. The van der Waals surface area contributed by atoms with Crippen molar-refractivity contribution in [2.45, 2.75) is 0 Å². The highest BCUT2D eigenvalue weighted by Gasteiger charge is 2.08. The Bertz CT molecular complexity index is 945. The molecule has 1 heterocycles. The Morgan fingerprint density at radius 3 is 2.58 bits per heavy atom. The SMILES string of the molecule is COc1ccc(-c2n[nH]c(=S)n2/N=C/c2ccc(O)c(O)c2)cc1. The van der Waals surface area contributed by atoms with Gasteiger partial charge in [0.1, 0.15) is 5.75 Å². The fourth-order valence-electron chi connectivity index (χ4n) is 2.07. The Morgan fingerprint density at radius 1 is 1.17 bits per heavy atom. The van der Waals surface area contributed by atoms with Crippen molar-refractivity contribution in [1.29, 1.82) is 0 Å². The van der Waals surface area contributed by atoms with Gasteiger partial charge in [0.2, 0.25) is 4.77 Å². The van der Waals surface area contributed by atoms with E-state index in [1.807, 2.05) is 24.3 Å². The number of aromatic amines is 1. The second-order valence-electron chi connectivity index (χ2n) is 4.89. The number of hydrogen-bond acceptors (Lipinski definition) is 6. The zero-order valence-corrected chi connectivity index (χ0v) is 13.5. The van der Waals surface area contributed by atoms with E-state index in [2.05, 4.69) is 15.3 Å². The second kappa shape index (κ2) is 6.55. The van der Waals surface area contributed by atoms with E-state index in [9.17, 15) is 10.2 Å². The molecule has 0 saturated carbocycles. The van der Waals surface area contributed by atoms with Gasteiger partial charge in [-0.2, -0.15) is 14.9 Å². The first-order valence-electron chi connectivity index (χ1n) is 6.96. The molecule has 24 heavy (non-hydrogen) atoms. The zero-order valence-electron chi connectivity index (χ0n) is 12.7. The number of aromatic nitrogens is 3. The minimum Gasteiger partial charge on any atom is -0.504 e. The normalized spacial score (nSPS) is 11.0. The molecule has 0 fully saturated rings. The van der Waals surface area contributed by atoms with Crippen molar-refractivity contribution >= 4 is 18.4 Å². The first-order chi connectivity index (χ1) is 11.6. The van der Waals surface area contributed by atoms with Gasteiger partial charge < -0.3 is 14.9 Å².